The molecule has 2 nitrogen and oxygen atoms in total. The summed E-state index contributed by atoms with van der Waals surface area (Å²) in [4.78, 5) is 2.51. The summed E-state index contributed by atoms with van der Waals surface area (Å²) in [5, 5.41) is 3.54. The Hall–Kier alpha value is -1.02. The number of rotatable bonds is 6. The molecule has 1 heterocycles. The first-order valence-electron chi connectivity index (χ1n) is 8.23. The molecule has 20 heavy (non-hydrogen) atoms. The molecule has 112 valence electrons. The van der Waals surface area contributed by atoms with Crippen molar-refractivity contribution in [1.82, 2.24) is 5.32 Å². The Morgan fingerprint density at radius 1 is 1.40 bits per heavy atom. The number of piperidine rings is 1. The van der Waals surface area contributed by atoms with Crippen LogP contribution in [0.5, 0.6) is 0 Å². The molecule has 1 aliphatic heterocycles. The van der Waals surface area contributed by atoms with Crippen LogP contribution >= 0.6 is 0 Å². The first kappa shape index (κ1) is 15.4. The van der Waals surface area contributed by atoms with Gasteiger partial charge in [0.25, 0.3) is 0 Å². The third kappa shape index (κ3) is 4.24. The third-order valence-corrected chi connectivity index (χ3v) is 4.74. The minimum absolute atomic E-state index is 0.821. The Morgan fingerprint density at radius 2 is 2.25 bits per heavy atom. The summed E-state index contributed by atoms with van der Waals surface area (Å²) in [5.41, 5.74) is 2.73. The van der Waals surface area contributed by atoms with Crippen LogP contribution in [0.25, 0.3) is 0 Å². The van der Waals surface area contributed by atoms with Crippen LogP contribution in [0, 0.1) is 18.8 Å². The van der Waals surface area contributed by atoms with Crippen LogP contribution in [0.4, 0.5) is 5.69 Å². The lowest BCUT2D eigenvalue weighted by Crippen LogP contribution is -2.35. The lowest BCUT2D eigenvalue weighted by atomic mass is 9.85. The number of anilines is 1. The maximum absolute atomic E-state index is 3.54. The van der Waals surface area contributed by atoms with E-state index in [1.165, 1.54) is 50.1 Å². The first-order chi connectivity index (χ1) is 9.70. The molecule has 1 saturated heterocycles. The van der Waals surface area contributed by atoms with E-state index in [9.17, 15) is 0 Å². The number of nitrogens with zero attached hydrogens (tertiary/aromatic N) is 1. The minimum atomic E-state index is 0.821. The van der Waals surface area contributed by atoms with E-state index in [0.29, 0.717) is 0 Å². The Kier molecular flexibility index (Phi) is 5.90. The molecule has 0 aliphatic carbocycles. The fourth-order valence-corrected chi connectivity index (χ4v) is 3.25. The Morgan fingerprint density at radius 3 is 2.90 bits per heavy atom. The average molecular weight is 274 g/mol. The molecule has 2 rings (SSSR count). The van der Waals surface area contributed by atoms with Gasteiger partial charge >= 0.3 is 0 Å². The molecule has 0 radical (unpaired) electrons. The van der Waals surface area contributed by atoms with Gasteiger partial charge in [0.2, 0.25) is 0 Å². The highest BCUT2D eigenvalue weighted by molar-refractivity contribution is 5.48. The summed E-state index contributed by atoms with van der Waals surface area (Å²) >= 11 is 0. The van der Waals surface area contributed by atoms with Crippen molar-refractivity contribution in [1.29, 1.82) is 0 Å². The van der Waals surface area contributed by atoms with Crippen molar-refractivity contribution in [2.45, 2.75) is 40.0 Å². The van der Waals surface area contributed by atoms with E-state index in [1.54, 1.807) is 0 Å². The molecule has 1 aliphatic rings. The predicted molar refractivity (Wildman–Crippen MR) is 88.4 cm³/mol. The second-order valence-electron chi connectivity index (χ2n) is 6.29. The largest absolute Gasteiger partial charge is 0.372 e. The van der Waals surface area contributed by atoms with Gasteiger partial charge in [0.05, 0.1) is 0 Å². The lowest BCUT2D eigenvalue weighted by molar-refractivity contribution is 0.269. The molecule has 0 aromatic heterocycles. The Labute approximate surface area is 124 Å². The molecule has 1 aromatic rings. The summed E-state index contributed by atoms with van der Waals surface area (Å²) in [6, 6.07) is 8.88. The molecule has 1 N–H and O–H groups in total. The lowest BCUT2D eigenvalue weighted by Gasteiger charge is -2.31. The zero-order valence-corrected chi connectivity index (χ0v) is 13.4. The van der Waals surface area contributed by atoms with Crippen LogP contribution in [0.2, 0.25) is 0 Å². The van der Waals surface area contributed by atoms with Gasteiger partial charge in [-0.05, 0) is 75.7 Å². The molecule has 1 fully saturated rings. The van der Waals surface area contributed by atoms with Crippen LogP contribution in [0.3, 0.4) is 0 Å². The third-order valence-electron chi connectivity index (χ3n) is 4.74. The van der Waals surface area contributed by atoms with Crippen LogP contribution in [-0.2, 0) is 0 Å². The first-order valence-corrected chi connectivity index (χ1v) is 8.23. The van der Waals surface area contributed by atoms with Gasteiger partial charge in [0, 0.05) is 18.8 Å². The quantitative estimate of drug-likeness (QED) is 0.847. The average Bonchev–Trinajstić information content (AvgIpc) is 2.48. The maximum Gasteiger partial charge on any atom is 0.0368 e. The zero-order chi connectivity index (χ0) is 14.4. The van der Waals surface area contributed by atoms with E-state index in [-0.39, 0.29) is 0 Å². The van der Waals surface area contributed by atoms with Gasteiger partial charge in [-0.1, -0.05) is 19.1 Å². The normalized spacial score (nSPS) is 20.6. The fraction of sp³-hybridized carbons (Fsp3) is 0.667. The van der Waals surface area contributed by atoms with E-state index >= 15 is 0 Å². The summed E-state index contributed by atoms with van der Waals surface area (Å²) in [6.07, 6.45) is 4.06. The highest BCUT2D eigenvalue weighted by atomic mass is 15.1. The van der Waals surface area contributed by atoms with Gasteiger partial charge in [-0.15, -0.1) is 0 Å². The van der Waals surface area contributed by atoms with Crippen molar-refractivity contribution in [2.24, 2.45) is 11.8 Å². The Balaban J connectivity index is 1.87. The van der Waals surface area contributed by atoms with E-state index in [4.69, 9.17) is 0 Å². The second kappa shape index (κ2) is 7.68. The summed E-state index contributed by atoms with van der Waals surface area (Å²) < 4.78 is 0. The number of benzene rings is 1. The van der Waals surface area contributed by atoms with Crippen molar-refractivity contribution >= 4 is 5.69 Å². The Bertz CT molecular complexity index is 396. The number of aryl methyl sites for hydroxylation is 1. The van der Waals surface area contributed by atoms with Crippen molar-refractivity contribution in [3.8, 4) is 0 Å². The highest BCUT2D eigenvalue weighted by Gasteiger charge is 2.20. The van der Waals surface area contributed by atoms with Crippen molar-refractivity contribution in [2.75, 3.05) is 31.1 Å². The topological polar surface area (TPSA) is 15.3 Å². The van der Waals surface area contributed by atoms with Crippen LogP contribution in [0.1, 0.15) is 38.7 Å². The van der Waals surface area contributed by atoms with Crippen molar-refractivity contribution in [3.05, 3.63) is 29.8 Å². The van der Waals surface area contributed by atoms with Crippen LogP contribution in [-0.4, -0.2) is 26.2 Å². The van der Waals surface area contributed by atoms with E-state index in [0.717, 1.165) is 18.4 Å². The maximum atomic E-state index is 3.54. The van der Waals surface area contributed by atoms with E-state index < -0.39 is 0 Å². The second-order valence-corrected chi connectivity index (χ2v) is 6.29. The van der Waals surface area contributed by atoms with E-state index in [1.807, 2.05) is 0 Å². The van der Waals surface area contributed by atoms with Gasteiger partial charge in [-0.2, -0.15) is 0 Å². The van der Waals surface area contributed by atoms with Crippen molar-refractivity contribution < 1.29 is 0 Å². The minimum Gasteiger partial charge on any atom is -0.372 e. The predicted octanol–water partition coefficient (Wildman–Crippen LogP) is 3.85. The molecule has 2 unspecified atom stereocenters. The molecule has 0 amide bonds. The van der Waals surface area contributed by atoms with Gasteiger partial charge in [-0.3, -0.25) is 0 Å². The molecule has 0 spiro atoms. The standard InChI is InChI=1S/C18H30N2/c1-4-20(18-9-5-7-15(2)13-18)12-10-16(3)17-8-6-11-19-14-17/h5,7,9,13,16-17,19H,4,6,8,10-12,14H2,1-3H3. The van der Waals surface area contributed by atoms with Crippen LogP contribution < -0.4 is 10.2 Å². The van der Waals surface area contributed by atoms with E-state index in [2.05, 4.69) is 55.3 Å². The number of nitrogens with one attached hydrogen (secondary N) is 1. The summed E-state index contributed by atoms with van der Waals surface area (Å²) in [7, 11) is 0. The number of hydrogen-bond donors (Lipinski definition) is 1. The van der Waals surface area contributed by atoms with Gasteiger partial charge in [0.15, 0.2) is 0 Å². The molecule has 0 saturated carbocycles. The smallest absolute Gasteiger partial charge is 0.0368 e. The molecule has 2 heteroatoms. The van der Waals surface area contributed by atoms with Crippen molar-refractivity contribution in [3.63, 3.8) is 0 Å². The molecule has 1 aromatic carbocycles. The molecule has 0 bridgehead atoms. The molecular formula is C18H30N2. The number of hydrogen-bond acceptors (Lipinski definition) is 2. The van der Waals surface area contributed by atoms with Gasteiger partial charge in [0.1, 0.15) is 0 Å². The summed E-state index contributed by atoms with van der Waals surface area (Å²) in [6.45, 7) is 11.6. The van der Waals surface area contributed by atoms with Crippen LogP contribution in [0.15, 0.2) is 24.3 Å². The molecular weight excluding hydrogens is 244 g/mol. The SMILES string of the molecule is CCN(CCC(C)C1CCCNC1)c1cccc(C)c1. The zero-order valence-electron chi connectivity index (χ0n) is 13.4. The highest BCUT2D eigenvalue weighted by Crippen LogP contribution is 2.24. The van der Waals surface area contributed by atoms with Gasteiger partial charge < -0.3 is 10.2 Å². The molecule has 2 atom stereocenters. The van der Waals surface area contributed by atoms with Gasteiger partial charge in [-0.25, -0.2) is 0 Å². The fourth-order valence-electron chi connectivity index (χ4n) is 3.25. The summed E-state index contributed by atoms with van der Waals surface area (Å²) in [5.74, 6) is 1.70. The monoisotopic (exact) mass is 274 g/mol.